The van der Waals surface area contributed by atoms with Gasteiger partial charge >= 0.3 is 0 Å². The molecule has 1 saturated heterocycles. The van der Waals surface area contributed by atoms with Crippen molar-refractivity contribution < 1.29 is 14.3 Å². The van der Waals surface area contributed by atoms with E-state index in [0.29, 0.717) is 31.7 Å². The van der Waals surface area contributed by atoms with Gasteiger partial charge in [0.05, 0.1) is 18.8 Å². The predicted octanol–water partition coefficient (Wildman–Crippen LogP) is 0.230. The third kappa shape index (κ3) is 2.53. The number of ether oxygens (including phenoxy) is 1. The molecule has 0 spiro atoms. The van der Waals surface area contributed by atoms with Crippen LogP contribution in [0.1, 0.15) is 26.7 Å². The molecule has 0 radical (unpaired) electrons. The standard InChI is InChI=1S/C12H19N3O3/c1-8-7-18-9(2)6-15(8)12(17)10-4-5-11(16)14(3)13-10/h8-9H,4-7H2,1-3H3/t8-,9-/m0/s1. The first-order valence-electron chi connectivity index (χ1n) is 6.25. The summed E-state index contributed by atoms with van der Waals surface area (Å²) in [7, 11) is 1.58. The summed E-state index contributed by atoms with van der Waals surface area (Å²) in [6.45, 7) is 5.04. The van der Waals surface area contributed by atoms with Gasteiger partial charge in [-0.3, -0.25) is 9.59 Å². The van der Waals surface area contributed by atoms with E-state index in [2.05, 4.69) is 5.10 Å². The summed E-state index contributed by atoms with van der Waals surface area (Å²) >= 11 is 0. The van der Waals surface area contributed by atoms with Crippen molar-refractivity contribution >= 4 is 17.5 Å². The molecule has 2 heterocycles. The van der Waals surface area contributed by atoms with Crippen LogP contribution in [0.5, 0.6) is 0 Å². The average molecular weight is 253 g/mol. The quantitative estimate of drug-likeness (QED) is 0.672. The molecule has 100 valence electrons. The second-order valence-electron chi connectivity index (χ2n) is 4.91. The molecule has 2 aliphatic rings. The van der Waals surface area contributed by atoms with Crippen LogP contribution in [0.15, 0.2) is 5.10 Å². The monoisotopic (exact) mass is 253 g/mol. The number of nitrogens with zero attached hydrogens (tertiary/aromatic N) is 3. The highest BCUT2D eigenvalue weighted by Gasteiger charge is 2.32. The maximum atomic E-state index is 12.4. The summed E-state index contributed by atoms with van der Waals surface area (Å²) < 4.78 is 5.50. The SMILES string of the molecule is C[C@H]1CN(C(=O)C2=NN(C)C(=O)CC2)[C@@H](C)CO1. The summed E-state index contributed by atoms with van der Waals surface area (Å²) in [5.41, 5.74) is 0.470. The molecule has 0 aromatic rings. The van der Waals surface area contributed by atoms with Gasteiger partial charge in [0.15, 0.2) is 0 Å². The van der Waals surface area contributed by atoms with Crippen molar-refractivity contribution in [3.63, 3.8) is 0 Å². The van der Waals surface area contributed by atoms with Crippen molar-refractivity contribution in [3.8, 4) is 0 Å². The van der Waals surface area contributed by atoms with Gasteiger partial charge in [-0.2, -0.15) is 5.10 Å². The summed E-state index contributed by atoms with van der Waals surface area (Å²) in [5, 5.41) is 5.32. The van der Waals surface area contributed by atoms with Gasteiger partial charge in [-0.05, 0) is 13.8 Å². The number of amides is 2. The first-order chi connectivity index (χ1) is 8.49. The van der Waals surface area contributed by atoms with Gasteiger partial charge in [0.1, 0.15) is 5.71 Å². The minimum atomic E-state index is -0.0722. The highest BCUT2D eigenvalue weighted by Crippen LogP contribution is 2.15. The van der Waals surface area contributed by atoms with Gasteiger partial charge in [0.2, 0.25) is 5.91 Å². The van der Waals surface area contributed by atoms with E-state index in [9.17, 15) is 9.59 Å². The first-order valence-corrected chi connectivity index (χ1v) is 6.25. The van der Waals surface area contributed by atoms with Gasteiger partial charge in [-0.1, -0.05) is 0 Å². The first kappa shape index (κ1) is 13.0. The number of rotatable bonds is 1. The van der Waals surface area contributed by atoms with Crippen molar-refractivity contribution in [2.45, 2.75) is 38.8 Å². The summed E-state index contributed by atoms with van der Waals surface area (Å²) in [5.74, 6) is -0.119. The smallest absolute Gasteiger partial charge is 0.270 e. The third-order valence-electron chi connectivity index (χ3n) is 3.32. The molecule has 1 fully saturated rings. The Balaban J connectivity index is 2.11. The van der Waals surface area contributed by atoms with E-state index in [-0.39, 0.29) is 24.0 Å². The molecule has 0 unspecified atom stereocenters. The Kier molecular flexibility index (Phi) is 3.65. The minimum Gasteiger partial charge on any atom is -0.375 e. The fraction of sp³-hybridized carbons (Fsp3) is 0.750. The Morgan fingerprint density at radius 3 is 2.78 bits per heavy atom. The Bertz CT molecular complexity index is 394. The molecule has 2 amide bonds. The second kappa shape index (κ2) is 5.06. The van der Waals surface area contributed by atoms with Crippen LogP contribution < -0.4 is 0 Å². The lowest BCUT2D eigenvalue weighted by Gasteiger charge is -2.37. The Labute approximate surface area is 107 Å². The summed E-state index contributed by atoms with van der Waals surface area (Å²) in [6.07, 6.45) is 0.837. The number of carbonyl (C=O) groups is 2. The van der Waals surface area contributed by atoms with Gasteiger partial charge in [-0.15, -0.1) is 0 Å². The summed E-state index contributed by atoms with van der Waals surface area (Å²) in [6, 6.07) is 0.0549. The van der Waals surface area contributed by atoms with Gasteiger partial charge in [0.25, 0.3) is 5.91 Å². The molecule has 0 N–H and O–H groups in total. The normalized spacial score (nSPS) is 29.3. The molecule has 2 rings (SSSR count). The topological polar surface area (TPSA) is 62.2 Å². The van der Waals surface area contributed by atoms with Gasteiger partial charge in [-0.25, -0.2) is 5.01 Å². The van der Waals surface area contributed by atoms with E-state index in [1.54, 1.807) is 11.9 Å². The van der Waals surface area contributed by atoms with Crippen LogP contribution in [0, 0.1) is 0 Å². The van der Waals surface area contributed by atoms with Crippen LogP contribution in [0.2, 0.25) is 0 Å². The van der Waals surface area contributed by atoms with E-state index in [0.717, 1.165) is 0 Å². The van der Waals surface area contributed by atoms with Crippen molar-refractivity contribution in [1.29, 1.82) is 0 Å². The molecule has 2 aliphatic heterocycles. The Morgan fingerprint density at radius 1 is 1.39 bits per heavy atom. The van der Waals surface area contributed by atoms with Crippen LogP contribution in [0.4, 0.5) is 0 Å². The molecule has 0 aromatic heterocycles. The lowest BCUT2D eigenvalue weighted by Crippen LogP contribution is -2.53. The maximum Gasteiger partial charge on any atom is 0.270 e. The molecule has 0 bridgehead atoms. The predicted molar refractivity (Wildman–Crippen MR) is 66.0 cm³/mol. The largest absolute Gasteiger partial charge is 0.375 e. The van der Waals surface area contributed by atoms with Crippen LogP contribution in [-0.4, -0.2) is 59.8 Å². The van der Waals surface area contributed by atoms with E-state index >= 15 is 0 Å². The number of morpholine rings is 1. The minimum absolute atomic E-state index is 0.0463. The third-order valence-corrected chi connectivity index (χ3v) is 3.32. The number of hydrazone groups is 1. The molecular weight excluding hydrogens is 234 g/mol. The molecular formula is C12H19N3O3. The number of hydrogen-bond donors (Lipinski definition) is 0. The highest BCUT2D eigenvalue weighted by molar-refractivity contribution is 6.39. The molecule has 6 heteroatoms. The lowest BCUT2D eigenvalue weighted by atomic mass is 10.1. The zero-order valence-electron chi connectivity index (χ0n) is 11.0. The van der Waals surface area contributed by atoms with Crippen molar-refractivity contribution in [2.75, 3.05) is 20.2 Å². The Hall–Kier alpha value is -1.43. The molecule has 6 nitrogen and oxygen atoms in total. The van der Waals surface area contributed by atoms with Gasteiger partial charge in [0, 0.05) is 26.4 Å². The molecule has 2 atom stereocenters. The molecule has 0 aromatic carbocycles. The maximum absolute atomic E-state index is 12.4. The van der Waals surface area contributed by atoms with E-state index in [1.807, 2.05) is 13.8 Å². The molecule has 0 saturated carbocycles. The van der Waals surface area contributed by atoms with Gasteiger partial charge < -0.3 is 9.64 Å². The van der Waals surface area contributed by atoms with Crippen LogP contribution in [0.25, 0.3) is 0 Å². The zero-order chi connectivity index (χ0) is 13.3. The molecule has 18 heavy (non-hydrogen) atoms. The van der Waals surface area contributed by atoms with Crippen molar-refractivity contribution in [2.24, 2.45) is 5.10 Å². The number of hydrogen-bond acceptors (Lipinski definition) is 4. The van der Waals surface area contributed by atoms with E-state index in [1.165, 1.54) is 5.01 Å². The summed E-state index contributed by atoms with van der Waals surface area (Å²) in [4.78, 5) is 25.5. The second-order valence-corrected chi connectivity index (χ2v) is 4.91. The van der Waals surface area contributed by atoms with E-state index in [4.69, 9.17) is 4.74 Å². The van der Waals surface area contributed by atoms with Crippen molar-refractivity contribution in [1.82, 2.24) is 9.91 Å². The molecule has 0 aliphatic carbocycles. The highest BCUT2D eigenvalue weighted by atomic mass is 16.5. The van der Waals surface area contributed by atoms with Crippen LogP contribution in [0.3, 0.4) is 0 Å². The fourth-order valence-electron chi connectivity index (χ4n) is 2.18. The van der Waals surface area contributed by atoms with E-state index < -0.39 is 0 Å². The van der Waals surface area contributed by atoms with Crippen LogP contribution in [-0.2, 0) is 14.3 Å². The van der Waals surface area contributed by atoms with Crippen molar-refractivity contribution in [3.05, 3.63) is 0 Å². The number of carbonyl (C=O) groups excluding carboxylic acids is 2. The Morgan fingerprint density at radius 2 is 2.11 bits per heavy atom. The average Bonchev–Trinajstić information content (AvgIpc) is 2.35. The lowest BCUT2D eigenvalue weighted by molar-refractivity contribution is -0.136. The zero-order valence-corrected chi connectivity index (χ0v) is 11.0. The fourth-order valence-corrected chi connectivity index (χ4v) is 2.18. The van der Waals surface area contributed by atoms with Crippen LogP contribution >= 0.6 is 0 Å².